The molecule has 0 aliphatic carbocycles. The number of nitrogens with two attached hydrogens (primary N) is 1. The van der Waals surface area contributed by atoms with E-state index >= 15 is 0 Å². The van der Waals surface area contributed by atoms with Gasteiger partial charge in [0, 0.05) is 26.2 Å². The number of piperazine rings is 1. The lowest BCUT2D eigenvalue weighted by molar-refractivity contribution is -0.119. The number of primary amides is 1. The highest BCUT2D eigenvalue weighted by Gasteiger charge is 2.26. The van der Waals surface area contributed by atoms with Crippen molar-refractivity contribution in [1.82, 2.24) is 9.21 Å². The first kappa shape index (κ1) is 14.4. The summed E-state index contributed by atoms with van der Waals surface area (Å²) in [5, 5.41) is 0. The molecular formula is C10H21N3O3S. The zero-order valence-electron chi connectivity index (χ0n) is 10.3. The molecule has 0 spiro atoms. The lowest BCUT2D eigenvalue weighted by Crippen LogP contribution is -2.51. The third kappa shape index (κ3) is 4.61. The number of hydrogen-bond donors (Lipinski definition) is 1. The summed E-state index contributed by atoms with van der Waals surface area (Å²) in [4.78, 5) is 12.6. The molecule has 0 aromatic heterocycles. The van der Waals surface area contributed by atoms with E-state index in [1.807, 2.05) is 11.8 Å². The van der Waals surface area contributed by atoms with Crippen LogP contribution in [0.3, 0.4) is 0 Å². The van der Waals surface area contributed by atoms with Gasteiger partial charge in [-0.05, 0) is 6.42 Å². The Morgan fingerprint density at radius 1 is 1.24 bits per heavy atom. The molecule has 6 nitrogen and oxygen atoms in total. The van der Waals surface area contributed by atoms with Crippen LogP contribution < -0.4 is 5.73 Å². The minimum atomic E-state index is -3.11. The third-order valence-electron chi connectivity index (χ3n) is 2.86. The van der Waals surface area contributed by atoms with Gasteiger partial charge >= 0.3 is 0 Å². The second-order valence-corrected chi connectivity index (χ2v) is 6.40. The largest absolute Gasteiger partial charge is 0.369 e. The van der Waals surface area contributed by atoms with Crippen molar-refractivity contribution >= 4 is 15.9 Å². The van der Waals surface area contributed by atoms with E-state index < -0.39 is 10.0 Å². The summed E-state index contributed by atoms with van der Waals surface area (Å²) in [6.45, 7) is 4.25. The van der Waals surface area contributed by atoms with Crippen molar-refractivity contribution in [3.8, 4) is 0 Å². The van der Waals surface area contributed by atoms with E-state index in [1.165, 1.54) is 4.31 Å². The monoisotopic (exact) mass is 263 g/mol. The molecule has 0 bridgehead atoms. The maximum atomic E-state index is 11.9. The second-order valence-electron chi connectivity index (χ2n) is 4.31. The van der Waals surface area contributed by atoms with Crippen LogP contribution in [0.15, 0.2) is 0 Å². The number of sulfonamides is 1. The zero-order valence-corrected chi connectivity index (χ0v) is 11.1. The summed E-state index contributed by atoms with van der Waals surface area (Å²) in [6.07, 6.45) is 1.57. The van der Waals surface area contributed by atoms with Crippen LogP contribution in [0.1, 0.15) is 19.8 Å². The number of amides is 1. The molecule has 1 aliphatic heterocycles. The van der Waals surface area contributed by atoms with Gasteiger partial charge in [0.05, 0.1) is 12.3 Å². The van der Waals surface area contributed by atoms with Crippen molar-refractivity contribution in [2.45, 2.75) is 19.8 Å². The number of rotatable bonds is 6. The van der Waals surface area contributed by atoms with Crippen LogP contribution in [0, 0.1) is 0 Å². The lowest BCUT2D eigenvalue weighted by Gasteiger charge is -2.33. The van der Waals surface area contributed by atoms with Crippen molar-refractivity contribution in [2.75, 3.05) is 38.5 Å². The number of nitrogens with zero attached hydrogens (tertiary/aromatic N) is 2. The first-order valence-corrected chi connectivity index (χ1v) is 7.55. The van der Waals surface area contributed by atoms with Gasteiger partial charge in [-0.15, -0.1) is 0 Å². The first-order valence-electron chi connectivity index (χ1n) is 5.94. The van der Waals surface area contributed by atoms with E-state index in [9.17, 15) is 13.2 Å². The topological polar surface area (TPSA) is 83.7 Å². The molecule has 1 aliphatic rings. The Hall–Kier alpha value is -0.660. The van der Waals surface area contributed by atoms with Crippen LogP contribution in [0.5, 0.6) is 0 Å². The number of hydrogen-bond acceptors (Lipinski definition) is 4. The van der Waals surface area contributed by atoms with E-state index in [2.05, 4.69) is 0 Å². The van der Waals surface area contributed by atoms with Gasteiger partial charge in [-0.25, -0.2) is 8.42 Å². The fraction of sp³-hybridized carbons (Fsp3) is 0.900. The Bertz CT molecular complexity index is 348. The zero-order chi connectivity index (χ0) is 12.9. The molecule has 0 saturated carbocycles. The summed E-state index contributed by atoms with van der Waals surface area (Å²) in [5.74, 6) is -0.147. The van der Waals surface area contributed by atoms with Gasteiger partial charge in [-0.3, -0.25) is 9.69 Å². The van der Waals surface area contributed by atoms with Crippen LogP contribution in [-0.2, 0) is 14.8 Å². The van der Waals surface area contributed by atoms with Crippen LogP contribution in [0.2, 0.25) is 0 Å². The summed E-state index contributed by atoms with van der Waals surface area (Å²) in [5.41, 5.74) is 5.10. The van der Waals surface area contributed by atoms with Gasteiger partial charge in [0.15, 0.2) is 0 Å². The maximum Gasteiger partial charge on any atom is 0.231 e. The standard InChI is InChI=1S/C10H21N3O3S/c1-2-3-8-17(15,16)13-6-4-12(5-7-13)9-10(11)14/h2-9H2,1H3,(H2,11,14). The minimum absolute atomic E-state index is 0.211. The SMILES string of the molecule is CCCCS(=O)(=O)N1CCN(CC(N)=O)CC1. The highest BCUT2D eigenvalue weighted by molar-refractivity contribution is 7.89. The summed E-state index contributed by atoms with van der Waals surface area (Å²) in [7, 11) is -3.11. The smallest absolute Gasteiger partial charge is 0.231 e. The molecule has 1 fully saturated rings. The fourth-order valence-electron chi connectivity index (χ4n) is 1.84. The van der Waals surface area contributed by atoms with E-state index in [0.29, 0.717) is 32.6 Å². The highest BCUT2D eigenvalue weighted by atomic mass is 32.2. The fourth-order valence-corrected chi connectivity index (χ4v) is 3.47. The molecule has 0 radical (unpaired) electrons. The molecule has 2 N–H and O–H groups in total. The number of carbonyl (C=O) groups excluding carboxylic acids is 1. The average molecular weight is 263 g/mol. The molecule has 0 unspecified atom stereocenters. The Morgan fingerprint density at radius 3 is 2.29 bits per heavy atom. The van der Waals surface area contributed by atoms with Gasteiger partial charge in [0.1, 0.15) is 0 Å². The molecule has 0 aromatic carbocycles. The molecule has 1 heterocycles. The minimum Gasteiger partial charge on any atom is -0.369 e. The molecule has 1 amide bonds. The number of carbonyl (C=O) groups is 1. The van der Waals surface area contributed by atoms with Crippen molar-refractivity contribution in [3.05, 3.63) is 0 Å². The van der Waals surface area contributed by atoms with Crippen molar-refractivity contribution in [1.29, 1.82) is 0 Å². The van der Waals surface area contributed by atoms with Crippen molar-refractivity contribution in [3.63, 3.8) is 0 Å². The number of unbranched alkanes of at least 4 members (excludes halogenated alkanes) is 1. The van der Waals surface area contributed by atoms with E-state index in [1.54, 1.807) is 0 Å². The average Bonchev–Trinajstić information content (AvgIpc) is 2.26. The van der Waals surface area contributed by atoms with Crippen molar-refractivity contribution in [2.24, 2.45) is 5.73 Å². The summed E-state index contributed by atoms with van der Waals surface area (Å²) in [6, 6.07) is 0. The maximum absolute atomic E-state index is 11.9. The van der Waals surface area contributed by atoms with E-state index in [4.69, 9.17) is 5.73 Å². The van der Waals surface area contributed by atoms with Gasteiger partial charge < -0.3 is 5.73 Å². The summed E-state index contributed by atoms with van der Waals surface area (Å²) >= 11 is 0. The molecule has 100 valence electrons. The Balaban J connectivity index is 2.43. The third-order valence-corrected chi connectivity index (χ3v) is 4.82. The second kappa shape index (κ2) is 6.32. The Labute approximate surface area is 103 Å². The molecule has 0 aromatic rings. The van der Waals surface area contributed by atoms with E-state index in [0.717, 1.165) is 6.42 Å². The first-order chi connectivity index (χ1) is 7.95. The normalized spacial score (nSPS) is 19.4. The van der Waals surface area contributed by atoms with Gasteiger partial charge in [0.2, 0.25) is 15.9 Å². The Kier molecular flexibility index (Phi) is 5.35. The van der Waals surface area contributed by atoms with Crippen LogP contribution in [0.25, 0.3) is 0 Å². The molecule has 7 heteroatoms. The predicted octanol–water partition coefficient (Wildman–Crippen LogP) is -0.781. The lowest BCUT2D eigenvalue weighted by atomic mass is 10.3. The Morgan fingerprint density at radius 2 is 1.82 bits per heavy atom. The molecule has 1 rings (SSSR count). The molecule has 1 saturated heterocycles. The highest BCUT2D eigenvalue weighted by Crippen LogP contribution is 2.09. The van der Waals surface area contributed by atoms with Crippen molar-refractivity contribution < 1.29 is 13.2 Å². The van der Waals surface area contributed by atoms with Crippen LogP contribution in [0.4, 0.5) is 0 Å². The van der Waals surface area contributed by atoms with E-state index in [-0.39, 0.29) is 18.2 Å². The van der Waals surface area contributed by atoms with Gasteiger partial charge in [0.25, 0.3) is 0 Å². The van der Waals surface area contributed by atoms with Gasteiger partial charge in [-0.2, -0.15) is 4.31 Å². The van der Waals surface area contributed by atoms with Crippen LogP contribution >= 0.6 is 0 Å². The van der Waals surface area contributed by atoms with Gasteiger partial charge in [-0.1, -0.05) is 13.3 Å². The van der Waals surface area contributed by atoms with Crippen LogP contribution in [-0.4, -0.2) is 62.0 Å². The molecule has 0 atom stereocenters. The quantitative estimate of drug-likeness (QED) is 0.681. The molecule has 17 heavy (non-hydrogen) atoms. The summed E-state index contributed by atoms with van der Waals surface area (Å²) < 4.78 is 25.3. The molecular weight excluding hydrogens is 242 g/mol. The predicted molar refractivity (Wildman–Crippen MR) is 65.9 cm³/mol.